The van der Waals surface area contributed by atoms with Gasteiger partial charge in [-0.1, -0.05) is 6.92 Å². The van der Waals surface area contributed by atoms with E-state index in [1.54, 1.807) is 10.8 Å². The van der Waals surface area contributed by atoms with Crippen LogP contribution in [-0.2, 0) is 16.0 Å². The van der Waals surface area contributed by atoms with Gasteiger partial charge in [0.25, 0.3) is 0 Å². The summed E-state index contributed by atoms with van der Waals surface area (Å²) in [6.07, 6.45) is -4.90. The zero-order chi connectivity index (χ0) is 21.3. The highest BCUT2D eigenvalue weighted by molar-refractivity contribution is 5.90. The topological polar surface area (TPSA) is 123 Å². The lowest BCUT2D eigenvalue weighted by molar-refractivity contribution is -0.171. The molecule has 1 saturated heterocycles. The maximum Gasteiger partial charge on any atom is 0.449 e. The second kappa shape index (κ2) is 8.25. The van der Waals surface area contributed by atoms with Gasteiger partial charge in [-0.05, 0) is 31.2 Å². The molecule has 0 aromatic carbocycles. The van der Waals surface area contributed by atoms with Crippen LogP contribution in [0.15, 0.2) is 12.5 Å². The largest absolute Gasteiger partial charge is 0.449 e. The van der Waals surface area contributed by atoms with Crippen molar-refractivity contribution in [2.75, 3.05) is 5.73 Å². The number of ketones is 1. The first-order valence-corrected chi connectivity index (χ1v) is 9.36. The predicted molar refractivity (Wildman–Crippen MR) is 96.8 cm³/mol. The molecule has 29 heavy (non-hydrogen) atoms. The standard InChI is InChI=1S/C18H23F3N4O4/c1-2-10-13(27)14(28)17(29-10)25-7-9(12-15(22)23-8-24-16(12)25)5-3-4-6-11(26)18(19,20)21/h7-8,10,13-14,17,27-28H,2-6H2,1H3,(H2,22,23,24)/t10-,13?,14+,17-/m1/s1. The minimum atomic E-state index is -4.82. The average molecular weight is 416 g/mol. The van der Waals surface area contributed by atoms with Gasteiger partial charge in [0.15, 0.2) is 6.23 Å². The summed E-state index contributed by atoms with van der Waals surface area (Å²) >= 11 is 0. The molecule has 1 aliphatic rings. The van der Waals surface area contributed by atoms with E-state index in [9.17, 15) is 28.2 Å². The molecule has 160 valence electrons. The van der Waals surface area contributed by atoms with Gasteiger partial charge in [0.1, 0.15) is 30.0 Å². The number of aliphatic hydroxyl groups is 2. The molecule has 4 N–H and O–H groups in total. The van der Waals surface area contributed by atoms with Crippen molar-refractivity contribution in [3.8, 4) is 0 Å². The summed E-state index contributed by atoms with van der Waals surface area (Å²) in [5.41, 5.74) is 7.04. The fourth-order valence-corrected chi connectivity index (χ4v) is 3.61. The number of nitrogens with zero attached hydrogens (tertiary/aromatic N) is 3. The lowest BCUT2D eigenvalue weighted by Gasteiger charge is -2.17. The van der Waals surface area contributed by atoms with E-state index in [0.29, 0.717) is 35.9 Å². The number of carbonyl (C=O) groups excluding carboxylic acids is 1. The molecule has 0 aliphatic carbocycles. The van der Waals surface area contributed by atoms with Crippen LogP contribution in [0.4, 0.5) is 19.0 Å². The molecule has 8 nitrogen and oxygen atoms in total. The van der Waals surface area contributed by atoms with Crippen LogP contribution >= 0.6 is 0 Å². The van der Waals surface area contributed by atoms with E-state index in [2.05, 4.69) is 9.97 Å². The molecule has 0 bridgehead atoms. The Morgan fingerprint density at radius 3 is 2.62 bits per heavy atom. The Balaban J connectivity index is 1.81. The van der Waals surface area contributed by atoms with Crippen molar-refractivity contribution in [3.63, 3.8) is 0 Å². The molecular weight excluding hydrogens is 393 g/mol. The van der Waals surface area contributed by atoms with Crippen LogP contribution in [0.3, 0.4) is 0 Å². The molecule has 0 radical (unpaired) electrons. The smallest absolute Gasteiger partial charge is 0.388 e. The number of rotatable bonds is 7. The highest BCUT2D eigenvalue weighted by Crippen LogP contribution is 2.36. The fraction of sp³-hybridized carbons (Fsp3) is 0.611. The first-order chi connectivity index (χ1) is 13.6. The van der Waals surface area contributed by atoms with Crippen LogP contribution in [0.5, 0.6) is 0 Å². The third kappa shape index (κ3) is 4.21. The molecule has 2 aromatic heterocycles. The van der Waals surface area contributed by atoms with Crippen LogP contribution in [0, 0.1) is 0 Å². The Morgan fingerprint density at radius 2 is 2.00 bits per heavy atom. The second-order valence-electron chi connectivity index (χ2n) is 7.10. The number of aliphatic hydroxyl groups excluding tert-OH is 2. The molecule has 3 rings (SSSR count). The number of alkyl halides is 3. The number of hydrogen-bond donors (Lipinski definition) is 3. The third-order valence-corrected chi connectivity index (χ3v) is 5.15. The Hall–Kier alpha value is -2.24. The molecule has 1 aliphatic heterocycles. The van der Waals surface area contributed by atoms with Gasteiger partial charge in [-0.25, -0.2) is 9.97 Å². The Labute approximate surface area is 164 Å². The number of ether oxygens (including phenoxy) is 1. The van der Waals surface area contributed by atoms with Crippen molar-refractivity contribution in [1.29, 1.82) is 0 Å². The Bertz CT molecular complexity index is 886. The van der Waals surface area contributed by atoms with E-state index in [1.165, 1.54) is 6.33 Å². The quantitative estimate of drug-likeness (QED) is 0.589. The number of nitrogens with two attached hydrogens (primary N) is 1. The number of carbonyl (C=O) groups is 1. The number of aryl methyl sites for hydroxylation is 1. The maximum atomic E-state index is 12.3. The highest BCUT2D eigenvalue weighted by Gasteiger charge is 2.43. The monoisotopic (exact) mass is 416 g/mol. The molecule has 2 aromatic rings. The SMILES string of the molecule is CC[C@H]1O[C@@H](n2cc(CCCCC(=O)C(F)(F)F)c3c(N)ncnc32)[C@@H](O)C1O. The van der Waals surface area contributed by atoms with Crippen LogP contribution in [0.2, 0.25) is 0 Å². The Kier molecular flexibility index (Phi) is 6.11. The summed E-state index contributed by atoms with van der Waals surface area (Å²) in [5, 5.41) is 21.0. The van der Waals surface area contributed by atoms with Crippen LogP contribution in [0.1, 0.15) is 44.4 Å². The zero-order valence-electron chi connectivity index (χ0n) is 15.8. The van der Waals surface area contributed by atoms with Gasteiger partial charge < -0.3 is 25.3 Å². The van der Waals surface area contributed by atoms with Crippen molar-refractivity contribution >= 4 is 22.6 Å². The van der Waals surface area contributed by atoms with Crippen molar-refractivity contribution in [2.45, 2.75) is 69.7 Å². The first-order valence-electron chi connectivity index (χ1n) is 9.36. The zero-order valence-corrected chi connectivity index (χ0v) is 15.8. The molecular formula is C18H23F3N4O4. The van der Waals surface area contributed by atoms with E-state index in [4.69, 9.17) is 10.5 Å². The molecule has 0 amide bonds. The number of unbranched alkanes of at least 4 members (excludes halogenated alkanes) is 1. The summed E-state index contributed by atoms with van der Waals surface area (Å²) < 4.78 is 44.3. The lowest BCUT2D eigenvalue weighted by atomic mass is 10.1. The molecule has 1 fully saturated rings. The van der Waals surface area contributed by atoms with Crippen molar-refractivity contribution in [1.82, 2.24) is 14.5 Å². The fourth-order valence-electron chi connectivity index (χ4n) is 3.61. The number of hydrogen-bond acceptors (Lipinski definition) is 7. The van der Waals surface area contributed by atoms with Crippen LogP contribution in [0.25, 0.3) is 11.0 Å². The van der Waals surface area contributed by atoms with Gasteiger partial charge in [-0.2, -0.15) is 13.2 Å². The summed E-state index contributed by atoms with van der Waals surface area (Å²) in [6.45, 7) is 1.82. The van der Waals surface area contributed by atoms with Gasteiger partial charge in [0, 0.05) is 12.6 Å². The van der Waals surface area contributed by atoms with Crippen molar-refractivity contribution in [2.24, 2.45) is 0 Å². The molecule has 0 spiro atoms. The molecule has 3 heterocycles. The number of anilines is 1. The van der Waals surface area contributed by atoms with E-state index < -0.39 is 42.9 Å². The number of Topliss-reactive ketones (excluding diaryl/α,β-unsaturated/α-hetero) is 1. The van der Waals surface area contributed by atoms with Crippen LogP contribution in [-0.4, -0.2) is 55.0 Å². The summed E-state index contributed by atoms with van der Waals surface area (Å²) in [6, 6.07) is 0. The molecule has 0 saturated carbocycles. The average Bonchev–Trinajstić information content (AvgIpc) is 3.17. The lowest BCUT2D eigenvalue weighted by Crippen LogP contribution is -2.31. The number of nitrogen functional groups attached to an aromatic ring is 1. The highest BCUT2D eigenvalue weighted by atomic mass is 19.4. The summed E-state index contributed by atoms with van der Waals surface area (Å²) in [4.78, 5) is 19.2. The normalized spacial score (nSPS) is 25.0. The molecule has 4 atom stereocenters. The van der Waals surface area contributed by atoms with Gasteiger partial charge in [0.2, 0.25) is 5.78 Å². The van der Waals surface area contributed by atoms with Crippen molar-refractivity contribution in [3.05, 3.63) is 18.1 Å². The number of aromatic nitrogens is 3. The first kappa shape index (κ1) is 21.5. The summed E-state index contributed by atoms with van der Waals surface area (Å²) in [7, 11) is 0. The minimum Gasteiger partial charge on any atom is -0.388 e. The van der Waals surface area contributed by atoms with E-state index in [-0.39, 0.29) is 12.2 Å². The number of fused-ring (bicyclic) bond motifs is 1. The summed E-state index contributed by atoms with van der Waals surface area (Å²) in [5.74, 6) is -1.56. The van der Waals surface area contributed by atoms with E-state index in [1.807, 2.05) is 6.92 Å². The van der Waals surface area contributed by atoms with Crippen molar-refractivity contribution < 1.29 is 32.9 Å². The Morgan fingerprint density at radius 1 is 1.28 bits per heavy atom. The van der Waals surface area contributed by atoms with E-state index >= 15 is 0 Å². The predicted octanol–water partition coefficient (Wildman–Crippen LogP) is 1.89. The second-order valence-corrected chi connectivity index (χ2v) is 7.10. The molecule has 11 heteroatoms. The van der Waals surface area contributed by atoms with Gasteiger partial charge in [-0.15, -0.1) is 0 Å². The van der Waals surface area contributed by atoms with Gasteiger partial charge >= 0.3 is 6.18 Å². The molecule has 1 unspecified atom stereocenters. The van der Waals surface area contributed by atoms with Gasteiger partial charge in [0.05, 0.1) is 11.5 Å². The van der Waals surface area contributed by atoms with E-state index in [0.717, 1.165) is 0 Å². The third-order valence-electron chi connectivity index (χ3n) is 5.15. The van der Waals surface area contributed by atoms with Crippen LogP contribution < -0.4 is 5.73 Å². The number of halogens is 3. The maximum absolute atomic E-state index is 12.3. The minimum absolute atomic E-state index is 0.0673. The van der Waals surface area contributed by atoms with Gasteiger partial charge in [-0.3, -0.25) is 4.79 Å².